The van der Waals surface area contributed by atoms with Crippen LogP contribution in [0.25, 0.3) is 0 Å². The fourth-order valence-corrected chi connectivity index (χ4v) is 1.10. The SMILES string of the molecule is NCC(=O)NCC(=O)c1ccccc1N. The second-order valence-electron chi connectivity index (χ2n) is 2.99. The first-order valence-corrected chi connectivity index (χ1v) is 4.49. The Kier molecular flexibility index (Phi) is 3.82. The summed E-state index contributed by atoms with van der Waals surface area (Å²) in [6.45, 7) is -0.207. The number of hydrogen-bond donors (Lipinski definition) is 3. The van der Waals surface area contributed by atoms with Crippen molar-refractivity contribution in [3.8, 4) is 0 Å². The van der Waals surface area contributed by atoms with Gasteiger partial charge in [-0.1, -0.05) is 12.1 Å². The van der Waals surface area contributed by atoms with Crippen LogP contribution in [0, 0.1) is 0 Å². The van der Waals surface area contributed by atoms with Gasteiger partial charge in [-0.05, 0) is 12.1 Å². The minimum absolute atomic E-state index is 0.0791. The standard InChI is InChI=1S/C10H13N3O2/c11-5-10(15)13-6-9(14)7-3-1-2-4-8(7)12/h1-4H,5-6,11-12H2,(H,13,15). The van der Waals surface area contributed by atoms with Crippen molar-refractivity contribution in [2.45, 2.75) is 0 Å². The van der Waals surface area contributed by atoms with Crippen LogP contribution in [0.4, 0.5) is 5.69 Å². The van der Waals surface area contributed by atoms with E-state index in [1.54, 1.807) is 24.3 Å². The van der Waals surface area contributed by atoms with Crippen LogP contribution in [0.1, 0.15) is 10.4 Å². The Labute approximate surface area is 87.4 Å². The Bertz CT molecular complexity index is 377. The summed E-state index contributed by atoms with van der Waals surface area (Å²) in [7, 11) is 0. The molecule has 5 N–H and O–H groups in total. The Morgan fingerprint density at radius 1 is 1.27 bits per heavy atom. The van der Waals surface area contributed by atoms with E-state index in [4.69, 9.17) is 11.5 Å². The number of nitrogens with one attached hydrogen (secondary N) is 1. The number of benzene rings is 1. The van der Waals surface area contributed by atoms with Gasteiger partial charge < -0.3 is 16.8 Å². The molecule has 0 radical (unpaired) electrons. The Morgan fingerprint density at radius 2 is 1.93 bits per heavy atom. The van der Waals surface area contributed by atoms with Crippen molar-refractivity contribution in [2.24, 2.45) is 5.73 Å². The van der Waals surface area contributed by atoms with E-state index >= 15 is 0 Å². The molecule has 0 spiro atoms. The van der Waals surface area contributed by atoms with Gasteiger partial charge in [0.2, 0.25) is 5.91 Å². The average molecular weight is 207 g/mol. The van der Waals surface area contributed by atoms with E-state index in [1.165, 1.54) is 0 Å². The highest BCUT2D eigenvalue weighted by molar-refractivity contribution is 6.03. The number of nitrogens with two attached hydrogens (primary N) is 2. The molecule has 1 amide bonds. The fourth-order valence-electron chi connectivity index (χ4n) is 1.10. The minimum atomic E-state index is -0.363. The number of para-hydroxylation sites is 1. The molecule has 0 aromatic heterocycles. The molecule has 1 aromatic carbocycles. The van der Waals surface area contributed by atoms with E-state index in [9.17, 15) is 9.59 Å². The number of anilines is 1. The molecule has 1 rings (SSSR count). The van der Waals surface area contributed by atoms with E-state index in [-0.39, 0.29) is 24.8 Å². The summed E-state index contributed by atoms with van der Waals surface area (Å²) in [6, 6.07) is 6.71. The third-order valence-corrected chi connectivity index (χ3v) is 1.89. The van der Waals surface area contributed by atoms with Crippen molar-refractivity contribution in [3.05, 3.63) is 29.8 Å². The van der Waals surface area contributed by atoms with Gasteiger partial charge in [0.25, 0.3) is 0 Å². The first-order chi connectivity index (χ1) is 7.15. The fraction of sp³-hybridized carbons (Fsp3) is 0.200. The predicted octanol–water partition coefficient (Wildman–Crippen LogP) is -0.474. The van der Waals surface area contributed by atoms with Crippen LogP contribution in [-0.4, -0.2) is 24.8 Å². The molecule has 0 aliphatic carbocycles. The Hall–Kier alpha value is -1.88. The molecule has 0 bridgehead atoms. The van der Waals surface area contributed by atoms with E-state index in [1.807, 2.05) is 0 Å². The molecular formula is C10H13N3O2. The van der Waals surface area contributed by atoms with Gasteiger partial charge in [-0.2, -0.15) is 0 Å². The molecular weight excluding hydrogens is 194 g/mol. The molecule has 5 heteroatoms. The van der Waals surface area contributed by atoms with Gasteiger partial charge in [0.15, 0.2) is 5.78 Å². The summed E-state index contributed by atoms with van der Waals surface area (Å²) < 4.78 is 0. The van der Waals surface area contributed by atoms with Crippen LogP contribution in [0.3, 0.4) is 0 Å². The highest BCUT2D eigenvalue weighted by atomic mass is 16.2. The van der Waals surface area contributed by atoms with Gasteiger partial charge in [0, 0.05) is 11.3 Å². The average Bonchev–Trinajstić information content (AvgIpc) is 2.26. The second-order valence-corrected chi connectivity index (χ2v) is 2.99. The van der Waals surface area contributed by atoms with E-state index in [0.29, 0.717) is 11.3 Å². The molecule has 0 aliphatic heterocycles. The van der Waals surface area contributed by atoms with Crippen LogP contribution >= 0.6 is 0 Å². The summed E-state index contributed by atoms with van der Waals surface area (Å²) in [5.74, 6) is -0.590. The highest BCUT2D eigenvalue weighted by Gasteiger charge is 2.09. The maximum atomic E-state index is 11.6. The summed E-state index contributed by atoms with van der Waals surface area (Å²) in [5.41, 5.74) is 11.5. The number of nitrogen functional groups attached to an aromatic ring is 1. The summed E-state index contributed by atoms with van der Waals surface area (Å²) in [6.07, 6.45) is 0. The second kappa shape index (κ2) is 5.11. The highest BCUT2D eigenvalue weighted by Crippen LogP contribution is 2.10. The van der Waals surface area contributed by atoms with Gasteiger partial charge in [-0.25, -0.2) is 0 Å². The maximum Gasteiger partial charge on any atom is 0.234 e. The summed E-state index contributed by atoms with van der Waals surface area (Å²) in [5, 5.41) is 2.39. The zero-order chi connectivity index (χ0) is 11.3. The lowest BCUT2D eigenvalue weighted by atomic mass is 10.1. The molecule has 0 fully saturated rings. The van der Waals surface area contributed by atoms with Crippen molar-refractivity contribution in [1.29, 1.82) is 0 Å². The lowest BCUT2D eigenvalue weighted by molar-refractivity contribution is -0.119. The monoisotopic (exact) mass is 207 g/mol. The van der Waals surface area contributed by atoms with Crippen molar-refractivity contribution in [2.75, 3.05) is 18.8 Å². The first kappa shape index (κ1) is 11.2. The number of Topliss-reactive ketones (excluding diaryl/α,β-unsaturated/α-hetero) is 1. The van der Waals surface area contributed by atoms with Crippen LogP contribution < -0.4 is 16.8 Å². The van der Waals surface area contributed by atoms with Gasteiger partial charge in [0.05, 0.1) is 13.1 Å². The number of ketones is 1. The topological polar surface area (TPSA) is 98.2 Å². The molecule has 0 heterocycles. The quantitative estimate of drug-likeness (QED) is 0.459. The van der Waals surface area contributed by atoms with E-state index in [2.05, 4.69) is 5.32 Å². The molecule has 80 valence electrons. The lowest BCUT2D eigenvalue weighted by Gasteiger charge is -2.05. The third kappa shape index (κ3) is 3.07. The molecule has 5 nitrogen and oxygen atoms in total. The van der Waals surface area contributed by atoms with E-state index < -0.39 is 0 Å². The summed E-state index contributed by atoms with van der Waals surface area (Å²) in [4.78, 5) is 22.4. The molecule has 0 aliphatic rings. The molecule has 0 saturated carbocycles. The van der Waals surface area contributed by atoms with Gasteiger partial charge >= 0.3 is 0 Å². The normalized spacial score (nSPS) is 9.67. The largest absolute Gasteiger partial charge is 0.398 e. The number of rotatable bonds is 4. The molecule has 0 atom stereocenters. The first-order valence-electron chi connectivity index (χ1n) is 4.49. The predicted molar refractivity (Wildman–Crippen MR) is 57.2 cm³/mol. The van der Waals surface area contributed by atoms with Crippen molar-refractivity contribution in [1.82, 2.24) is 5.32 Å². The van der Waals surface area contributed by atoms with Crippen molar-refractivity contribution in [3.63, 3.8) is 0 Å². The Morgan fingerprint density at radius 3 is 2.53 bits per heavy atom. The molecule has 0 saturated heterocycles. The smallest absolute Gasteiger partial charge is 0.234 e. The number of amides is 1. The minimum Gasteiger partial charge on any atom is -0.398 e. The number of hydrogen-bond acceptors (Lipinski definition) is 4. The van der Waals surface area contributed by atoms with Crippen LogP contribution in [0.2, 0.25) is 0 Å². The molecule has 1 aromatic rings. The van der Waals surface area contributed by atoms with Gasteiger partial charge in [-0.3, -0.25) is 9.59 Å². The third-order valence-electron chi connectivity index (χ3n) is 1.89. The Balaban J connectivity index is 2.62. The number of carbonyl (C=O) groups excluding carboxylic acids is 2. The lowest BCUT2D eigenvalue weighted by Crippen LogP contribution is -2.34. The summed E-state index contributed by atoms with van der Waals surface area (Å²) >= 11 is 0. The van der Waals surface area contributed by atoms with Crippen LogP contribution in [0.5, 0.6) is 0 Å². The van der Waals surface area contributed by atoms with Crippen LogP contribution in [-0.2, 0) is 4.79 Å². The molecule has 0 unspecified atom stereocenters. The van der Waals surface area contributed by atoms with Gasteiger partial charge in [-0.15, -0.1) is 0 Å². The number of carbonyl (C=O) groups is 2. The zero-order valence-electron chi connectivity index (χ0n) is 8.19. The van der Waals surface area contributed by atoms with E-state index in [0.717, 1.165) is 0 Å². The van der Waals surface area contributed by atoms with Gasteiger partial charge in [0.1, 0.15) is 0 Å². The zero-order valence-corrected chi connectivity index (χ0v) is 8.19. The van der Waals surface area contributed by atoms with Crippen molar-refractivity contribution < 1.29 is 9.59 Å². The maximum absolute atomic E-state index is 11.6. The van der Waals surface area contributed by atoms with Crippen molar-refractivity contribution >= 4 is 17.4 Å². The van der Waals surface area contributed by atoms with Crippen LogP contribution in [0.15, 0.2) is 24.3 Å². The molecule has 15 heavy (non-hydrogen) atoms.